The van der Waals surface area contributed by atoms with Gasteiger partial charge in [0.15, 0.2) is 11.5 Å². The highest BCUT2D eigenvalue weighted by molar-refractivity contribution is 7.87. The highest BCUT2D eigenvalue weighted by Gasteiger charge is 2.20. The summed E-state index contributed by atoms with van der Waals surface area (Å²) < 4.78 is 35.4. The van der Waals surface area contributed by atoms with Crippen LogP contribution >= 0.6 is 0 Å². The summed E-state index contributed by atoms with van der Waals surface area (Å²) >= 11 is 0. The Kier molecular flexibility index (Phi) is 6.64. The molecule has 1 fully saturated rings. The van der Waals surface area contributed by atoms with Crippen LogP contribution in [0.3, 0.4) is 0 Å². The third-order valence-corrected chi connectivity index (χ3v) is 4.48. The molecule has 1 aliphatic rings. The van der Waals surface area contributed by atoms with Gasteiger partial charge >= 0.3 is 0 Å². The fourth-order valence-corrected chi connectivity index (χ4v) is 3.25. The van der Waals surface area contributed by atoms with Crippen molar-refractivity contribution < 1.29 is 17.9 Å². The molecule has 3 N–H and O–H groups in total. The van der Waals surface area contributed by atoms with Gasteiger partial charge in [-0.05, 0) is 37.4 Å². The second-order valence-electron chi connectivity index (χ2n) is 5.70. The van der Waals surface area contributed by atoms with Gasteiger partial charge in [0.2, 0.25) is 0 Å². The maximum Gasteiger partial charge on any atom is 0.274 e. The Hall–Kier alpha value is -1.35. The number of para-hydroxylation sites is 2. The summed E-state index contributed by atoms with van der Waals surface area (Å²) in [5.74, 6) is 1.74. The molecular formula is C15H25N3O4S. The summed E-state index contributed by atoms with van der Waals surface area (Å²) in [6.07, 6.45) is 2.05. The van der Waals surface area contributed by atoms with Gasteiger partial charge in [-0.25, -0.2) is 9.86 Å². The van der Waals surface area contributed by atoms with E-state index in [2.05, 4.69) is 9.62 Å². The van der Waals surface area contributed by atoms with E-state index in [0.717, 1.165) is 44.0 Å². The molecule has 0 amide bonds. The lowest BCUT2D eigenvalue weighted by atomic mass is 9.98. The summed E-state index contributed by atoms with van der Waals surface area (Å²) in [6, 6.07) is 7.56. The zero-order chi connectivity index (χ0) is 16.7. The second kappa shape index (κ2) is 8.49. The smallest absolute Gasteiger partial charge is 0.274 e. The van der Waals surface area contributed by atoms with Gasteiger partial charge < -0.3 is 9.47 Å². The summed E-state index contributed by atoms with van der Waals surface area (Å²) in [5, 5.41) is 4.97. The standard InChI is InChI=1S/C15H25N3O4S/c1-21-14-6-2-3-7-15(14)22-10-9-18-8-4-5-13(12-18)11-17-23(16,19)20/h2-3,6-7,13,17H,4-5,8-12H2,1H3,(H2,16,19,20). The molecule has 0 spiro atoms. The van der Waals surface area contributed by atoms with E-state index in [1.165, 1.54) is 0 Å². The van der Waals surface area contributed by atoms with Gasteiger partial charge in [-0.3, -0.25) is 4.90 Å². The van der Waals surface area contributed by atoms with Crippen LogP contribution in [-0.2, 0) is 10.2 Å². The lowest BCUT2D eigenvalue weighted by Crippen LogP contribution is -2.43. The largest absolute Gasteiger partial charge is 0.493 e. The molecule has 1 unspecified atom stereocenters. The number of methoxy groups -OCH3 is 1. The third kappa shape index (κ3) is 6.34. The van der Waals surface area contributed by atoms with Gasteiger partial charge in [0.05, 0.1) is 7.11 Å². The minimum Gasteiger partial charge on any atom is -0.493 e. The van der Waals surface area contributed by atoms with Crippen LogP contribution in [0, 0.1) is 5.92 Å². The van der Waals surface area contributed by atoms with Gasteiger partial charge in [-0.2, -0.15) is 8.42 Å². The summed E-state index contributed by atoms with van der Waals surface area (Å²) in [6.45, 7) is 3.60. The van der Waals surface area contributed by atoms with Crippen molar-refractivity contribution in [2.24, 2.45) is 11.1 Å². The Morgan fingerprint density at radius 1 is 1.35 bits per heavy atom. The van der Waals surface area contributed by atoms with E-state index in [-0.39, 0.29) is 5.92 Å². The Balaban J connectivity index is 1.75. The van der Waals surface area contributed by atoms with Crippen molar-refractivity contribution in [1.29, 1.82) is 0 Å². The molecule has 7 nitrogen and oxygen atoms in total. The van der Waals surface area contributed by atoms with Crippen molar-refractivity contribution >= 4 is 10.2 Å². The Labute approximate surface area is 137 Å². The Bertz CT molecular complexity index is 594. The highest BCUT2D eigenvalue weighted by Crippen LogP contribution is 2.25. The second-order valence-corrected chi connectivity index (χ2v) is 7.08. The first-order chi connectivity index (χ1) is 11.0. The Morgan fingerprint density at radius 3 is 2.78 bits per heavy atom. The van der Waals surface area contributed by atoms with Crippen molar-refractivity contribution in [2.45, 2.75) is 12.8 Å². The van der Waals surface area contributed by atoms with Gasteiger partial charge in [0.1, 0.15) is 6.61 Å². The number of ether oxygens (including phenoxy) is 2. The van der Waals surface area contributed by atoms with Gasteiger partial charge in [0, 0.05) is 19.6 Å². The van der Waals surface area contributed by atoms with E-state index < -0.39 is 10.2 Å². The number of rotatable bonds is 8. The number of nitrogens with two attached hydrogens (primary N) is 1. The van der Waals surface area contributed by atoms with Gasteiger partial charge in [-0.15, -0.1) is 0 Å². The first-order valence-corrected chi connectivity index (χ1v) is 9.28. The number of hydrogen-bond donors (Lipinski definition) is 2. The lowest BCUT2D eigenvalue weighted by molar-refractivity contribution is 0.146. The van der Waals surface area contributed by atoms with Gasteiger partial charge in [0.25, 0.3) is 10.2 Å². The molecule has 1 aromatic carbocycles. The molecular weight excluding hydrogens is 318 g/mol. The van der Waals surface area contributed by atoms with Crippen molar-refractivity contribution in [3.05, 3.63) is 24.3 Å². The summed E-state index contributed by atoms with van der Waals surface area (Å²) in [7, 11) is -1.99. The molecule has 1 atom stereocenters. The number of likely N-dealkylation sites (tertiary alicyclic amines) is 1. The van der Waals surface area contributed by atoms with Gasteiger partial charge in [-0.1, -0.05) is 12.1 Å². The molecule has 0 saturated carbocycles. The fraction of sp³-hybridized carbons (Fsp3) is 0.600. The molecule has 0 radical (unpaired) electrons. The first-order valence-electron chi connectivity index (χ1n) is 7.73. The molecule has 8 heteroatoms. The monoisotopic (exact) mass is 343 g/mol. The molecule has 2 rings (SSSR count). The van der Waals surface area contributed by atoms with Crippen molar-refractivity contribution in [3.63, 3.8) is 0 Å². The predicted octanol–water partition coefficient (Wildman–Crippen LogP) is 0.579. The number of hydrogen-bond acceptors (Lipinski definition) is 5. The van der Waals surface area contributed by atoms with Crippen LogP contribution in [0.2, 0.25) is 0 Å². The van der Waals surface area contributed by atoms with E-state index in [1.54, 1.807) is 7.11 Å². The molecule has 23 heavy (non-hydrogen) atoms. The van der Waals surface area contributed by atoms with Crippen LogP contribution in [0.25, 0.3) is 0 Å². The maximum atomic E-state index is 11.0. The minimum absolute atomic E-state index is 0.285. The molecule has 0 aromatic heterocycles. The van der Waals surface area contributed by atoms with Crippen molar-refractivity contribution in [2.75, 3.05) is 39.9 Å². The third-order valence-electron chi connectivity index (χ3n) is 3.91. The van der Waals surface area contributed by atoms with Crippen LogP contribution in [0.5, 0.6) is 11.5 Å². The van der Waals surface area contributed by atoms with Crippen LogP contribution in [0.15, 0.2) is 24.3 Å². The number of benzene rings is 1. The van der Waals surface area contributed by atoms with E-state index in [4.69, 9.17) is 14.6 Å². The molecule has 1 aromatic rings. The first kappa shape index (κ1) is 18.0. The number of nitrogens with one attached hydrogen (secondary N) is 1. The van der Waals surface area contributed by atoms with Crippen LogP contribution in [0.4, 0.5) is 0 Å². The quantitative estimate of drug-likeness (QED) is 0.720. The fourth-order valence-electron chi connectivity index (χ4n) is 2.78. The van der Waals surface area contributed by atoms with Crippen molar-refractivity contribution in [1.82, 2.24) is 9.62 Å². The summed E-state index contributed by atoms with van der Waals surface area (Å²) in [5.41, 5.74) is 0. The van der Waals surface area contributed by atoms with E-state index in [1.807, 2.05) is 24.3 Å². The van der Waals surface area contributed by atoms with E-state index in [9.17, 15) is 8.42 Å². The number of piperidine rings is 1. The van der Waals surface area contributed by atoms with E-state index >= 15 is 0 Å². The van der Waals surface area contributed by atoms with Crippen LogP contribution in [-0.4, -0.2) is 53.2 Å². The van der Waals surface area contributed by atoms with E-state index in [0.29, 0.717) is 13.2 Å². The average molecular weight is 343 g/mol. The maximum absolute atomic E-state index is 11.0. The molecule has 0 aliphatic carbocycles. The lowest BCUT2D eigenvalue weighted by Gasteiger charge is -2.32. The van der Waals surface area contributed by atoms with Crippen molar-refractivity contribution in [3.8, 4) is 11.5 Å². The highest BCUT2D eigenvalue weighted by atomic mass is 32.2. The normalized spacial score (nSPS) is 19.5. The number of nitrogens with zero attached hydrogens (tertiary/aromatic N) is 1. The molecule has 0 bridgehead atoms. The zero-order valence-corrected chi connectivity index (χ0v) is 14.2. The topological polar surface area (TPSA) is 93.9 Å². The predicted molar refractivity (Wildman–Crippen MR) is 88.8 cm³/mol. The Morgan fingerprint density at radius 2 is 2.09 bits per heavy atom. The van der Waals surface area contributed by atoms with Crippen LogP contribution in [0.1, 0.15) is 12.8 Å². The minimum atomic E-state index is -3.61. The SMILES string of the molecule is COc1ccccc1OCCN1CCCC(CNS(N)(=O)=O)C1. The molecule has 1 aliphatic heterocycles. The average Bonchev–Trinajstić information content (AvgIpc) is 2.53. The molecule has 130 valence electrons. The zero-order valence-electron chi connectivity index (χ0n) is 13.4. The summed E-state index contributed by atoms with van der Waals surface area (Å²) in [4.78, 5) is 2.29. The molecule has 1 saturated heterocycles. The molecule has 1 heterocycles. The van der Waals surface area contributed by atoms with Crippen LogP contribution < -0.4 is 19.3 Å².